The van der Waals surface area contributed by atoms with Gasteiger partial charge in [-0.15, -0.1) is 6.20 Å². The van der Waals surface area contributed by atoms with Gasteiger partial charge in [0.05, 0.1) is 6.20 Å². The topological polar surface area (TPSA) is 62.8 Å². The fraction of sp³-hybridized carbons (Fsp3) is 0. The maximum absolute atomic E-state index is 10.3. The van der Waals surface area contributed by atoms with E-state index in [0.717, 1.165) is 6.20 Å². The first-order valence-corrected chi connectivity index (χ1v) is 2.26. The molecule has 5 heteroatoms. The van der Waals surface area contributed by atoms with Crippen molar-refractivity contribution < 1.29 is 35.9 Å². The third kappa shape index (κ3) is 4.12. The van der Waals surface area contributed by atoms with E-state index in [9.17, 15) is 9.59 Å². The van der Waals surface area contributed by atoms with E-state index < -0.39 is 0 Å². The monoisotopic (exact) mass is 376 g/mol. The zero-order valence-corrected chi connectivity index (χ0v) is 10.1. The van der Waals surface area contributed by atoms with Crippen LogP contribution in [0.3, 0.4) is 0 Å². The van der Waals surface area contributed by atoms with Gasteiger partial charge in [-0.05, 0) is 5.69 Å². The molecule has 0 aliphatic carbocycles. The smallest absolute Gasteiger partial charge is 0.417 e. The maximum atomic E-state index is 10.3. The van der Waals surface area contributed by atoms with Gasteiger partial charge in [0.15, 0.2) is 0 Å². The van der Waals surface area contributed by atoms with Crippen molar-refractivity contribution in [1.82, 2.24) is 9.97 Å². The third-order valence-electron chi connectivity index (χ3n) is 0.777. The number of aromatic nitrogens is 2. The van der Waals surface area contributed by atoms with Crippen LogP contribution in [0.4, 0.5) is 0 Å². The fourth-order valence-corrected chi connectivity index (χ4v) is 0.398. The maximum Gasteiger partial charge on any atom is 2.00 e. The molecule has 0 saturated carbocycles. The van der Waals surface area contributed by atoms with Crippen molar-refractivity contribution >= 4 is 6.29 Å². The van der Waals surface area contributed by atoms with Crippen molar-refractivity contribution in [1.29, 1.82) is 0 Å². The number of rotatable bonds is 1. The van der Waals surface area contributed by atoms with E-state index in [1.54, 1.807) is 0 Å². The molecule has 0 unspecified atom stereocenters. The SMILES string of the molecule is O=[C-]c1c[nH]c(=O)cn1.[CH3-].[U+2]. The van der Waals surface area contributed by atoms with Gasteiger partial charge in [-0.1, -0.05) is 0 Å². The van der Waals surface area contributed by atoms with Crippen LogP contribution in [0.15, 0.2) is 17.2 Å². The Morgan fingerprint density at radius 3 is 2.55 bits per heavy atom. The molecule has 0 atom stereocenters. The molecule has 1 aromatic rings. The van der Waals surface area contributed by atoms with E-state index in [1.165, 1.54) is 12.5 Å². The Bertz CT molecular complexity index is 251. The number of aromatic amines is 1. The summed E-state index contributed by atoms with van der Waals surface area (Å²) in [6.07, 6.45) is 3.75. The van der Waals surface area contributed by atoms with Crippen molar-refractivity contribution in [3.8, 4) is 0 Å². The molecule has 0 amide bonds. The van der Waals surface area contributed by atoms with Gasteiger partial charge in [0.25, 0.3) is 0 Å². The summed E-state index contributed by atoms with van der Waals surface area (Å²) in [4.78, 5) is 25.8. The summed E-state index contributed by atoms with van der Waals surface area (Å²) < 4.78 is 0. The molecular formula is C6H6N2O2U. The number of H-pyrrole nitrogens is 1. The summed E-state index contributed by atoms with van der Waals surface area (Å²) in [5, 5.41) is 0. The van der Waals surface area contributed by atoms with E-state index >= 15 is 0 Å². The summed E-state index contributed by atoms with van der Waals surface area (Å²) in [5.74, 6) is 0. The van der Waals surface area contributed by atoms with Crippen LogP contribution in [0.1, 0.15) is 5.69 Å². The Morgan fingerprint density at radius 2 is 2.18 bits per heavy atom. The first-order valence-electron chi connectivity index (χ1n) is 2.26. The minimum Gasteiger partial charge on any atom is -0.417 e. The first kappa shape index (κ1) is 13.2. The zero-order valence-electron chi connectivity index (χ0n) is 5.92. The molecule has 0 aromatic carbocycles. The van der Waals surface area contributed by atoms with Crippen LogP contribution in [0.25, 0.3) is 0 Å². The minimum atomic E-state index is -0.325. The molecule has 0 aliphatic rings. The van der Waals surface area contributed by atoms with Gasteiger partial charge in [0, 0.05) is 6.29 Å². The molecule has 1 N–H and O–H groups in total. The molecule has 56 valence electrons. The van der Waals surface area contributed by atoms with E-state index in [2.05, 4.69) is 9.97 Å². The Kier molecular flexibility index (Phi) is 7.59. The number of carbonyl (C=O) groups excluding carboxylic acids is 1. The second kappa shape index (κ2) is 6.32. The predicted octanol–water partition coefficient (Wildman–Crippen LogP) is -0.322. The van der Waals surface area contributed by atoms with E-state index in [1.807, 2.05) is 0 Å². The van der Waals surface area contributed by atoms with Crippen LogP contribution in [-0.2, 0) is 4.79 Å². The molecule has 0 spiro atoms. The number of nitrogens with one attached hydrogen (secondary N) is 1. The second-order valence-corrected chi connectivity index (χ2v) is 1.40. The van der Waals surface area contributed by atoms with Crippen molar-refractivity contribution in [2.45, 2.75) is 0 Å². The summed E-state index contributed by atoms with van der Waals surface area (Å²) in [7, 11) is 0. The largest absolute Gasteiger partial charge is 2.00 e. The third-order valence-corrected chi connectivity index (χ3v) is 0.777. The van der Waals surface area contributed by atoms with Crippen LogP contribution in [0.5, 0.6) is 0 Å². The van der Waals surface area contributed by atoms with Crippen LogP contribution < -0.4 is 5.56 Å². The number of hydrogen-bond donors (Lipinski definition) is 1. The predicted molar refractivity (Wildman–Crippen MR) is 36.1 cm³/mol. The van der Waals surface area contributed by atoms with Crippen molar-refractivity contribution in [2.24, 2.45) is 0 Å². The van der Waals surface area contributed by atoms with Gasteiger partial charge in [-0.2, -0.15) is 0 Å². The molecule has 0 aliphatic heterocycles. The normalized spacial score (nSPS) is 7.27. The molecule has 0 saturated heterocycles. The molecule has 0 fully saturated rings. The molecule has 1 heterocycles. The van der Waals surface area contributed by atoms with Gasteiger partial charge < -0.3 is 17.2 Å². The van der Waals surface area contributed by atoms with Crippen molar-refractivity contribution in [3.63, 3.8) is 0 Å². The van der Waals surface area contributed by atoms with Gasteiger partial charge in [0.1, 0.15) is 0 Å². The Labute approximate surface area is 87.8 Å². The zero-order chi connectivity index (χ0) is 6.69. The van der Waals surface area contributed by atoms with Gasteiger partial charge in [-0.3, -0.25) is 9.78 Å². The Balaban J connectivity index is 0. The van der Waals surface area contributed by atoms with Crippen LogP contribution in [0.2, 0.25) is 0 Å². The quantitative estimate of drug-likeness (QED) is 0.684. The van der Waals surface area contributed by atoms with Crippen LogP contribution in [-0.4, -0.2) is 16.3 Å². The van der Waals surface area contributed by atoms with Gasteiger partial charge in [0.2, 0.25) is 5.56 Å². The van der Waals surface area contributed by atoms with Crippen LogP contribution in [0, 0.1) is 38.5 Å². The summed E-state index contributed by atoms with van der Waals surface area (Å²) >= 11 is 0. The second-order valence-electron chi connectivity index (χ2n) is 1.40. The summed E-state index contributed by atoms with van der Waals surface area (Å²) in [6.45, 7) is 0. The molecule has 1 aromatic heterocycles. The first-order chi connectivity index (χ1) is 4.33. The number of hydrogen-bond acceptors (Lipinski definition) is 3. The molecule has 11 heavy (non-hydrogen) atoms. The molecular weight excluding hydrogens is 370 g/mol. The molecule has 4 nitrogen and oxygen atoms in total. The minimum absolute atomic E-state index is 0. The average Bonchev–Trinajstić information content (AvgIpc) is 1.90. The van der Waals surface area contributed by atoms with Gasteiger partial charge >= 0.3 is 31.1 Å². The number of nitrogens with zero attached hydrogens (tertiary/aromatic N) is 1. The van der Waals surface area contributed by atoms with Crippen molar-refractivity contribution in [3.05, 3.63) is 35.9 Å². The van der Waals surface area contributed by atoms with Crippen molar-refractivity contribution in [2.75, 3.05) is 0 Å². The van der Waals surface area contributed by atoms with E-state index in [-0.39, 0.29) is 49.8 Å². The van der Waals surface area contributed by atoms with E-state index in [0.29, 0.717) is 0 Å². The molecule has 0 bridgehead atoms. The van der Waals surface area contributed by atoms with Crippen LogP contribution >= 0.6 is 0 Å². The summed E-state index contributed by atoms with van der Waals surface area (Å²) in [6, 6.07) is 0. The Hall–Kier alpha value is -0.398. The Morgan fingerprint density at radius 1 is 1.55 bits per heavy atom. The van der Waals surface area contributed by atoms with Gasteiger partial charge in [-0.25, -0.2) is 0 Å². The standard InChI is InChI=1S/C5H3N2O2.CH3.U/c8-3-4-1-7-5(9)2-6-4;;/h1-2H,(H,7,9);1H3;/q2*-1;+2. The molecule has 1 rings (SSSR count). The summed E-state index contributed by atoms with van der Waals surface area (Å²) in [5.41, 5.74) is -0.219. The fourth-order valence-electron chi connectivity index (χ4n) is 0.398. The molecule has 0 radical (unpaired) electrons. The average molecular weight is 376 g/mol. The van der Waals surface area contributed by atoms with E-state index in [4.69, 9.17) is 0 Å².